The van der Waals surface area contributed by atoms with Gasteiger partial charge in [0.15, 0.2) is 0 Å². The van der Waals surface area contributed by atoms with Gasteiger partial charge < -0.3 is 0 Å². The minimum absolute atomic E-state index is 0.113. The summed E-state index contributed by atoms with van der Waals surface area (Å²) in [6.07, 6.45) is 0. The lowest BCUT2D eigenvalue weighted by molar-refractivity contribution is 0.595. The zero-order chi connectivity index (χ0) is 17.4. The van der Waals surface area contributed by atoms with Crippen molar-refractivity contribution in [1.29, 1.82) is 0 Å². The van der Waals surface area contributed by atoms with E-state index < -0.39 is 20.0 Å². The van der Waals surface area contributed by atoms with Crippen molar-refractivity contribution < 1.29 is 16.8 Å². The van der Waals surface area contributed by atoms with Crippen molar-refractivity contribution in [2.45, 2.75) is 30.6 Å². The third-order valence-corrected chi connectivity index (χ3v) is 5.96. The summed E-state index contributed by atoms with van der Waals surface area (Å²) >= 11 is 0. The van der Waals surface area contributed by atoms with E-state index in [2.05, 4.69) is 4.72 Å². The summed E-state index contributed by atoms with van der Waals surface area (Å²) in [5.41, 5.74) is 2.14. The summed E-state index contributed by atoms with van der Waals surface area (Å²) in [4.78, 5) is 0.0270. The lowest BCUT2D eigenvalue weighted by atomic mass is 10.2. The molecule has 0 fully saturated rings. The van der Waals surface area contributed by atoms with Crippen LogP contribution in [0.2, 0.25) is 0 Å². The summed E-state index contributed by atoms with van der Waals surface area (Å²) in [5, 5.41) is 5.14. The Labute approximate surface area is 136 Å². The minimum atomic E-state index is -3.92. The van der Waals surface area contributed by atoms with E-state index in [1.165, 1.54) is 24.3 Å². The predicted molar refractivity (Wildman–Crippen MR) is 89.3 cm³/mol. The number of aryl methyl sites for hydroxylation is 3. The monoisotopic (exact) mass is 354 g/mol. The maximum absolute atomic E-state index is 12.5. The standard InChI is InChI=1S/C15H18N2O4S2/c1-10-4-7-14(12(3)8-10)23(20,21)17-13-6-5-11(2)15(9-13)22(16,18)19/h4-9,17H,1-3H3,(H2,16,18,19). The van der Waals surface area contributed by atoms with Crippen LogP contribution in [0, 0.1) is 20.8 Å². The van der Waals surface area contributed by atoms with Crippen LogP contribution in [0.3, 0.4) is 0 Å². The van der Waals surface area contributed by atoms with Gasteiger partial charge in [-0.3, -0.25) is 4.72 Å². The van der Waals surface area contributed by atoms with E-state index >= 15 is 0 Å². The Hall–Kier alpha value is -1.90. The third-order valence-electron chi connectivity index (χ3n) is 3.37. The number of nitrogens with two attached hydrogens (primary N) is 1. The van der Waals surface area contributed by atoms with Crippen molar-refractivity contribution in [2.24, 2.45) is 5.14 Å². The van der Waals surface area contributed by atoms with Gasteiger partial charge in [-0.1, -0.05) is 23.8 Å². The molecule has 0 aromatic heterocycles. The zero-order valence-corrected chi connectivity index (χ0v) is 14.6. The molecule has 0 unspecified atom stereocenters. The molecule has 23 heavy (non-hydrogen) atoms. The molecule has 0 radical (unpaired) electrons. The Morgan fingerprint density at radius 1 is 0.826 bits per heavy atom. The van der Waals surface area contributed by atoms with E-state index in [1.54, 1.807) is 26.0 Å². The van der Waals surface area contributed by atoms with Crippen molar-refractivity contribution in [1.82, 2.24) is 0 Å². The summed E-state index contributed by atoms with van der Waals surface area (Å²) in [7, 11) is -7.75. The molecule has 0 aliphatic heterocycles. The van der Waals surface area contributed by atoms with E-state index in [4.69, 9.17) is 5.14 Å². The van der Waals surface area contributed by atoms with Gasteiger partial charge >= 0.3 is 0 Å². The van der Waals surface area contributed by atoms with E-state index in [-0.39, 0.29) is 15.5 Å². The maximum atomic E-state index is 12.5. The number of hydrogen-bond acceptors (Lipinski definition) is 4. The van der Waals surface area contributed by atoms with Crippen LogP contribution >= 0.6 is 0 Å². The number of sulfonamides is 2. The molecule has 0 saturated heterocycles. The quantitative estimate of drug-likeness (QED) is 0.876. The molecular formula is C15H18N2O4S2. The van der Waals surface area contributed by atoms with Crippen molar-refractivity contribution in [3.8, 4) is 0 Å². The van der Waals surface area contributed by atoms with Gasteiger partial charge in [0.25, 0.3) is 10.0 Å². The molecule has 0 heterocycles. The lowest BCUT2D eigenvalue weighted by Gasteiger charge is -2.12. The highest BCUT2D eigenvalue weighted by Crippen LogP contribution is 2.23. The van der Waals surface area contributed by atoms with Crippen LogP contribution in [-0.4, -0.2) is 16.8 Å². The topological polar surface area (TPSA) is 106 Å². The summed E-state index contributed by atoms with van der Waals surface area (Å²) in [5.74, 6) is 0. The van der Waals surface area contributed by atoms with Gasteiger partial charge in [-0.05, 0) is 50.1 Å². The first-order valence-electron chi connectivity index (χ1n) is 6.74. The first-order valence-corrected chi connectivity index (χ1v) is 9.77. The van der Waals surface area contributed by atoms with Crippen molar-refractivity contribution in [3.63, 3.8) is 0 Å². The molecule has 0 spiro atoms. The highest BCUT2D eigenvalue weighted by atomic mass is 32.2. The van der Waals surface area contributed by atoms with E-state index in [0.29, 0.717) is 11.1 Å². The van der Waals surface area contributed by atoms with Gasteiger partial charge in [-0.2, -0.15) is 0 Å². The van der Waals surface area contributed by atoms with Crippen molar-refractivity contribution in [2.75, 3.05) is 4.72 Å². The van der Waals surface area contributed by atoms with E-state index in [0.717, 1.165) is 5.56 Å². The smallest absolute Gasteiger partial charge is 0.262 e. The minimum Gasteiger partial charge on any atom is -0.280 e. The average molecular weight is 354 g/mol. The second kappa shape index (κ2) is 5.95. The van der Waals surface area contributed by atoms with E-state index in [9.17, 15) is 16.8 Å². The van der Waals surface area contributed by atoms with Crippen LogP contribution < -0.4 is 9.86 Å². The average Bonchev–Trinajstić information content (AvgIpc) is 2.39. The van der Waals surface area contributed by atoms with Crippen molar-refractivity contribution in [3.05, 3.63) is 53.1 Å². The Morgan fingerprint density at radius 2 is 1.48 bits per heavy atom. The summed E-state index contributed by atoms with van der Waals surface area (Å²) < 4.78 is 50.4. The van der Waals surface area contributed by atoms with Crippen LogP contribution in [0.25, 0.3) is 0 Å². The van der Waals surface area contributed by atoms with Gasteiger partial charge in [-0.15, -0.1) is 0 Å². The van der Waals surface area contributed by atoms with Crippen molar-refractivity contribution >= 4 is 25.7 Å². The van der Waals surface area contributed by atoms with Crippen LogP contribution in [0.4, 0.5) is 5.69 Å². The SMILES string of the molecule is Cc1ccc(S(=O)(=O)Nc2ccc(C)c(S(N)(=O)=O)c2)c(C)c1. The molecule has 0 aliphatic rings. The second-order valence-electron chi connectivity index (χ2n) is 5.40. The number of primary sulfonamides is 1. The molecule has 0 aliphatic carbocycles. The summed E-state index contributed by atoms with van der Waals surface area (Å²) in [6, 6.07) is 9.18. The highest BCUT2D eigenvalue weighted by molar-refractivity contribution is 7.92. The zero-order valence-electron chi connectivity index (χ0n) is 13.0. The molecule has 6 nitrogen and oxygen atoms in total. The normalized spacial score (nSPS) is 12.2. The molecule has 2 aromatic carbocycles. The molecule has 3 N–H and O–H groups in total. The number of benzene rings is 2. The molecule has 0 saturated carbocycles. The molecule has 2 rings (SSSR count). The van der Waals surface area contributed by atoms with Gasteiger partial charge in [-0.25, -0.2) is 22.0 Å². The Bertz CT molecular complexity index is 965. The van der Waals surface area contributed by atoms with Gasteiger partial charge in [0, 0.05) is 0 Å². The molecule has 2 aromatic rings. The van der Waals surface area contributed by atoms with Gasteiger partial charge in [0.2, 0.25) is 10.0 Å². The molecular weight excluding hydrogens is 336 g/mol. The Balaban J connectivity index is 2.46. The van der Waals surface area contributed by atoms with Crippen LogP contribution in [0.1, 0.15) is 16.7 Å². The number of nitrogens with one attached hydrogen (secondary N) is 1. The fourth-order valence-corrected chi connectivity index (χ4v) is 4.37. The summed E-state index contributed by atoms with van der Waals surface area (Å²) in [6.45, 7) is 5.16. The number of hydrogen-bond donors (Lipinski definition) is 2. The maximum Gasteiger partial charge on any atom is 0.262 e. The first-order chi connectivity index (χ1) is 10.5. The largest absolute Gasteiger partial charge is 0.280 e. The number of rotatable bonds is 4. The molecule has 8 heteroatoms. The van der Waals surface area contributed by atoms with E-state index in [1.807, 2.05) is 6.92 Å². The van der Waals surface area contributed by atoms with Gasteiger partial charge in [0.05, 0.1) is 15.5 Å². The second-order valence-corrected chi connectivity index (χ2v) is 8.58. The molecule has 0 bridgehead atoms. The first kappa shape index (κ1) is 17.5. The number of anilines is 1. The van der Waals surface area contributed by atoms with Crippen LogP contribution in [0.5, 0.6) is 0 Å². The van der Waals surface area contributed by atoms with Crippen LogP contribution in [-0.2, 0) is 20.0 Å². The predicted octanol–water partition coefficient (Wildman–Crippen LogP) is 2.06. The lowest BCUT2D eigenvalue weighted by Crippen LogP contribution is -2.17. The third kappa shape index (κ3) is 3.90. The molecule has 0 atom stereocenters. The highest BCUT2D eigenvalue weighted by Gasteiger charge is 2.19. The molecule has 124 valence electrons. The van der Waals surface area contributed by atoms with Crippen LogP contribution in [0.15, 0.2) is 46.2 Å². The Morgan fingerprint density at radius 3 is 2.04 bits per heavy atom. The fourth-order valence-electron chi connectivity index (χ4n) is 2.28. The Kier molecular flexibility index (Phi) is 4.52. The van der Waals surface area contributed by atoms with Gasteiger partial charge in [0.1, 0.15) is 0 Å². The molecule has 0 amide bonds. The fraction of sp³-hybridized carbons (Fsp3) is 0.200.